The van der Waals surface area contributed by atoms with Crippen LogP contribution in [0.1, 0.15) is 45.6 Å². The zero-order valence-electron chi connectivity index (χ0n) is 14.8. The molecule has 1 atom stereocenters. The Hall–Kier alpha value is -2.10. The number of nitrogens with zero attached hydrogens (tertiary/aromatic N) is 1. The highest BCUT2D eigenvalue weighted by Crippen LogP contribution is 2.20. The first-order valence-electron chi connectivity index (χ1n) is 8.65. The van der Waals surface area contributed by atoms with Gasteiger partial charge in [0.2, 0.25) is 5.91 Å². The second-order valence-electron chi connectivity index (χ2n) is 6.88. The number of hydrogen-bond donors (Lipinski definition) is 0. The first-order valence-corrected chi connectivity index (χ1v) is 8.65. The van der Waals surface area contributed by atoms with Crippen LogP contribution in [-0.2, 0) is 16.0 Å². The molecule has 0 aromatic heterocycles. The van der Waals surface area contributed by atoms with Gasteiger partial charge in [0.05, 0.1) is 6.04 Å². The molecule has 0 N–H and O–H groups in total. The van der Waals surface area contributed by atoms with Crippen LogP contribution >= 0.6 is 0 Å². The van der Waals surface area contributed by atoms with Crippen LogP contribution in [0.25, 0.3) is 0 Å². The maximum Gasteiger partial charge on any atom is 0.416 e. The summed E-state index contributed by atoms with van der Waals surface area (Å²) in [6.45, 7) is 6.59. The van der Waals surface area contributed by atoms with Gasteiger partial charge in [-0.1, -0.05) is 55.8 Å². The summed E-state index contributed by atoms with van der Waals surface area (Å²) in [5.41, 5.74) is 2.11. The zero-order chi connectivity index (χ0) is 17.5. The Labute approximate surface area is 144 Å². The highest BCUT2D eigenvalue weighted by Gasteiger charge is 2.37. The van der Waals surface area contributed by atoms with Crippen molar-refractivity contribution in [2.75, 3.05) is 6.61 Å². The fraction of sp³-hybridized carbons (Fsp3) is 0.500. The van der Waals surface area contributed by atoms with Crippen molar-refractivity contribution in [3.63, 3.8) is 0 Å². The van der Waals surface area contributed by atoms with Gasteiger partial charge in [-0.2, -0.15) is 0 Å². The van der Waals surface area contributed by atoms with Crippen LogP contribution in [0.15, 0.2) is 42.0 Å². The summed E-state index contributed by atoms with van der Waals surface area (Å²) in [5, 5.41) is 0. The van der Waals surface area contributed by atoms with E-state index in [1.54, 1.807) is 0 Å². The number of cyclic esters (lactones) is 1. The highest BCUT2D eigenvalue weighted by molar-refractivity contribution is 5.94. The molecule has 0 unspecified atom stereocenters. The molecule has 4 heteroatoms. The van der Waals surface area contributed by atoms with Gasteiger partial charge in [0.15, 0.2) is 0 Å². The molecular formula is C20H27NO3. The Morgan fingerprint density at radius 1 is 1.33 bits per heavy atom. The van der Waals surface area contributed by atoms with Gasteiger partial charge in [-0.3, -0.25) is 4.79 Å². The molecule has 1 heterocycles. The maximum absolute atomic E-state index is 12.5. The summed E-state index contributed by atoms with van der Waals surface area (Å²) >= 11 is 0. The van der Waals surface area contributed by atoms with Crippen LogP contribution < -0.4 is 0 Å². The molecule has 1 aliphatic rings. The van der Waals surface area contributed by atoms with E-state index >= 15 is 0 Å². The van der Waals surface area contributed by atoms with Crippen LogP contribution in [0.3, 0.4) is 0 Å². The summed E-state index contributed by atoms with van der Waals surface area (Å²) in [6.07, 6.45) is 4.57. The predicted octanol–water partition coefficient (Wildman–Crippen LogP) is 4.35. The van der Waals surface area contributed by atoms with Crippen LogP contribution in [0.4, 0.5) is 4.79 Å². The van der Waals surface area contributed by atoms with E-state index in [1.807, 2.05) is 37.3 Å². The highest BCUT2D eigenvalue weighted by atomic mass is 16.6. The standard InChI is InChI=1S/C20H27NO3/c1-15(2)8-7-9-16(3)12-19(22)21-18(14-24-20(21)23)13-17-10-5-4-6-11-17/h4-6,9-11,15,18H,7-8,12-14H2,1-3H3/t18-/m1/s1. The summed E-state index contributed by atoms with van der Waals surface area (Å²) in [6, 6.07) is 9.66. The Morgan fingerprint density at radius 3 is 2.71 bits per heavy atom. The summed E-state index contributed by atoms with van der Waals surface area (Å²) in [4.78, 5) is 25.8. The normalized spacial score (nSPS) is 18.2. The Kier molecular flexibility index (Phi) is 6.59. The first kappa shape index (κ1) is 18.2. The van der Waals surface area contributed by atoms with Crippen molar-refractivity contribution in [1.29, 1.82) is 0 Å². The topological polar surface area (TPSA) is 46.6 Å². The van der Waals surface area contributed by atoms with Gasteiger partial charge in [-0.15, -0.1) is 0 Å². The second-order valence-corrected chi connectivity index (χ2v) is 6.88. The molecule has 0 spiro atoms. The minimum atomic E-state index is -0.518. The van der Waals surface area contributed by atoms with Gasteiger partial charge < -0.3 is 4.74 Å². The van der Waals surface area contributed by atoms with Crippen molar-refractivity contribution in [1.82, 2.24) is 4.90 Å². The number of benzene rings is 1. The Morgan fingerprint density at radius 2 is 2.04 bits per heavy atom. The third-order valence-corrected chi connectivity index (χ3v) is 4.21. The number of carbonyl (C=O) groups excluding carboxylic acids is 2. The molecule has 1 fully saturated rings. The second kappa shape index (κ2) is 8.67. The monoisotopic (exact) mass is 329 g/mol. The van der Waals surface area contributed by atoms with E-state index in [4.69, 9.17) is 4.74 Å². The molecule has 4 nitrogen and oxygen atoms in total. The quantitative estimate of drug-likeness (QED) is 0.699. The summed E-state index contributed by atoms with van der Waals surface area (Å²) < 4.78 is 5.11. The molecule has 2 rings (SSSR count). The van der Waals surface area contributed by atoms with Crippen molar-refractivity contribution >= 4 is 12.0 Å². The lowest BCUT2D eigenvalue weighted by atomic mass is 10.0. The molecule has 1 aromatic carbocycles. The van der Waals surface area contributed by atoms with Gasteiger partial charge in [0.25, 0.3) is 0 Å². The lowest BCUT2D eigenvalue weighted by molar-refractivity contribution is -0.128. The van der Waals surface area contributed by atoms with Crippen LogP contribution in [0.2, 0.25) is 0 Å². The number of carbonyl (C=O) groups is 2. The predicted molar refractivity (Wildman–Crippen MR) is 94.6 cm³/mol. The van der Waals surface area contributed by atoms with Crippen LogP contribution in [0.5, 0.6) is 0 Å². The number of ether oxygens (including phenoxy) is 1. The van der Waals surface area contributed by atoms with Gasteiger partial charge in [0.1, 0.15) is 6.61 Å². The number of rotatable bonds is 7. The molecule has 2 amide bonds. The minimum Gasteiger partial charge on any atom is -0.447 e. The molecule has 24 heavy (non-hydrogen) atoms. The lowest BCUT2D eigenvalue weighted by Gasteiger charge is -2.20. The molecule has 1 aromatic rings. The minimum absolute atomic E-state index is 0.170. The van der Waals surface area contributed by atoms with Crippen LogP contribution in [-0.4, -0.2) is 29.5 Å². The van der Waals surface area contributed by atoms with E-state index < -0.39 is 6.09 Å². The molecular weight excluding hydrogens is 302 g/mol. The van der Waals surface area contributed by atoms with Gasteiger partial charge in [-0.05, 0) is 37.7 Å². The molecule has 0 aliphatic carbocycles. The van der Waals surface area contributed by atoms with E-state index in [0.29, 0.717) is 12.3 Å². The third kappa shape index (κ3) is 5.22. The fourth-order valence-corrected chi connectivity index (χ4v) is 2.86. The van der Waals surface area contributed by atoms with Gasteiger partial charge >= 0.3 is 6.09 Å². The van der Waals surface area contributed by atoms with E-state index in [2.05, 4.69) is 19.9 Å². The van der Waals surface area contributed by atoms with E-state index in [9.17, 15) is 9.59 Å². The largest absolute Gasteiger partial charge is 0.447 e. The molecule has 130 valence electrons. The Balaban J connectivity index is 1.96. The molecule has 0 bridgehead atoms. The summed E-state index contributed by atoms with van der Waals surface area (Å²) in [7, 11) is 0. The zero-order valence-corrected chi connectivity index (χ0v) is 14.8. The van der Waals surface area contributed by atoms with Gasteiger partial charge in [0, 0.05) is 6.42 Å². The number of hydrogen-bond acceptors (Lipinski definition) is 3. The molecule has 0 radical (unpaired) electrons. The molecule has 1 saturated heterocycles. The lowest BCUT2D eigenvalue weighted by Crippen LogP contribution is -2.40. The van der Waals surface area contributed by atoms with Crippen LogP contribution in [0, 0.1) is 5.92 Å². The first-order chi connectivity index (χ1) is 11.5. The van der Waals surface area contributed by atoms with Gasteiger partial charge in [-0.25, -0.2) is 9.69 Å². The van der Waals surface area contributed by atoms with E-state index in [1.165, 1.54) is 4.90 Å². The van der Waals surface area contributed by atoms with Crippen molar-refractivity contribution < 1.29 is 14.3 Å². The third-order valence-electron chi connectivity index (χ3n) is 4.21. The van der Waals surface area contributed by atoms with E-state index in [-0.39, 0.29) is 25.0 Å². The molecule has 0 saturated carbocycles. The number of amides is 2. The van der Waals surface area contributed by atoms with Crippen molar-refractivity contribution in [3.8, 4) is 0 Å². The smallest absolute Gasteiger partial charge is 0.416 e. The Bertz CT molecular complexity index is 592. The fourth-order valence-electron chi connectivity index (χ4n) is 2.86. The average molecular weight is 329 g/mol. The molecule has 1 aliphatic heterocycles. The number of imide groups is 1. The van der Waals surface area contributed by atoms with Crippen molar-refractivity contribution in [2.45, 2.75) is 52.5 Å². The number of allylic oxidation sites excluding steroid dienone is 1. The maximum atomic E-state index is 12.5. The SMILES string of the molecule is CC(=CCCC(C)C)CC(=O)N1C(=O)OC[C@H]1Cc1ccccc1. The van der Waals surface area contributed by atoms with Crippen molar-refractivity contribution in [2.24, 2.45) is 5.92 Å². The van der Waals surface area contributed by atoms with Crippen molar-refractivity contribution in [3.05, 3.63) is 47.5 Å². The van der Waals surface area contributed by atoms with E-state index in [0.717, 1.165) is 24.0 Å². The summed E-state index contributed by atoms with van der Waals surface area (Å²) in [5.74, 6) is 0.477. The average Bonchev–Trinajstić information content (AvgIpc) is 2.88.